The molecule has 1 heterocycles. The summed E-state index contributed by atoms with van der Waals surface area (Å²) in [5, 5.41) is 12.3. The third-order valence-electron chi connectivity index (χ3n) is 6.22. The Morgan fingerprint density at radius 3 is 2.21 bits per heavy atom. The SMILES string of the molecule is COc1cc(NC(=O)C2(C)CCc3c(C)c(OC(C)=O)c(C)c(C)c3O2)c(C(=O)O)cc1OC. The minimum Gasteiger partial charge on any atom is -0.493 e. The van der Waals surface area contributed by atoms with Gasteiger partial charge in [-0.15, -0.1) is 0 Å². The number of carboxylic acids is 1. The summed E-state index contributed by atoms with van der Waals surface area (Å²) in [6.45, 7) is 8.56. The number of esters is 1. The maximum Gasteiger partial charge on any atom is 0.337 e. The van der Waals surface area contributed by atoms with Gasteiger partial charge in [0.2, 0.25) is 0 Å². The van der Waals surface area contributed by atoms with E-state index in [1.54, 1.807) is 6.92 Å². The quantitative estimate of drug-likeness (QED) is 0.480. The predicted octanol–water partition coefficient (Wildman–Crippen LogP) is 3.97. The maximum absolute atomic E-state index is 13.4. The second-order valence-corrected chi connectivity index (χ2v) is 8.45. The molecule has 0 saturated heterocycles. The summed E-state index contributed by atoms with van der Waals surface area (Å²) in [6, 6.07) is 2.70. The first-order valence-electron chi connectivity index (χ1n) is 10.7. The summed E-state index contributed by atoms with van der Waals surface area (Å²) < 4.78 is 22.1. The lowest BCUT2D eigenvalue weighted by atomic mass is 9.86. The van der Waals surface area contributed by atoms with Crippen LogP contribution in [0.4, 0.5) is 5.69 Å². The van der Waals surface area contributed by atoms with Gasteiger partial charge >= 0.3 is 11.9 Å². The van der Waals surface area contributed by atoms with Crippen LogP contribution in [0.5, 0.6) is 23.0 Å². The number of rotatable bonds is 6. The highest BCUT2D eigenvalue weighted by Gasteiger charge is 2.41. The van der Waals surface area contributed by atoms with E-state index in [2.05, 4.69) is 5.32 Å². The maximum atomic E-state index is 13.4. The van der Waals surface area contributed by atoms with E-state index < -0.39 is 23.4 Å². The van der Waals surface area contributed by atoms with E-state index in [4.69, 9.17) is 18.9 Å². The van der Waals surface area contributed by atoms with Gasteiger partial charge in [0.15, 0.2) is 17.1 Å². The second kappa shape index (κ2) is 9.24. The molecule has 182 valence electrons. The monoisotopic (exact) mass is 471 g/mol. The van der Waals surface area contributed by atoms with Gasteiger partial charge in [-0.3, -0.25) is 9.59 Å². The van der Waals surface area contributed by atoms with Crippen molar-refractivity contribution in [2.45, 2.75) is 53.1 Å². The molecule has 1 aliphatic rings. The van der Waals surface area contributed by atoms with E-state index in [0.29, 0.717) is 24.3 Å². The fraction of sp³-hybridized carbons (Fsp3) is 0.400. The number of carbonyl (C=O) groups is 3. The van der Waals surface area contributed by atoms with E-state index in [1.165, 1.54) is 33.3 Å². The summed E-state index contributed by atoms with van der Waals surface area (Å²) in [5.41, 5.74) is 1.87. The van der Waals surface area contributed by atoms with Crippen molar-refractivity contribution in [1.82, 2.24) is 0 Å². The molecule has 2 aromatic rings. The Morgan fingerprint density at radius 1 is 1.03 bits per heavy atom. The molecule has 1 atom stereocenters. The number of carbonyl (C=O) groups excluding carboxylic acids is 2. The van der Waals surface area contributed by atoms with Crippen molar-refractivity contribution in [1.29, 1.82) is 0 Å². The number of fused-ring (bicyclic) bond motifs is 1. The van der Waals surface area contributed by atoms with E-state index >= 15 is 0 Å². The van der Waals surface area contributed by atoms with Gasteiger partial charge in [0.25, 0.3) is 5.91 Å². The first-order chi connectivity index (χ1) is 15.9. The Morgan fingerprint density at radius 2 is 1.65 bits per heavy atom. The number of methoxy groups -OCH3 is 2. The number of anilines is 1. The molecule has 1 aliphatic heterocycles. The van der Waals surface area contributed by atoms with Gasteiger partial charge in [-0.25, -0.2) is 4.79 Å². The summed E-state index contributed by atoms with van der Waals surface area (Å²) >= 11 is 0. The standard InChI is InChI=1S/C25H29NO8/c1-12-13(2)22-16(14(3)21(12)33-15(4)27)8-9-25(5,34-22)24(30)26-18-11-20(32-7)19(31-6)10-17(18)23(28)29/h10-11H,8-9H2,1-7H3,(H,26,30)(H,28,29). The van der Waals surface area contributed by atoms with Crippen LogP contribution >= 0.6 is 0 Å². The Labute approximate surface area is 198 Å². The number of nitrogens with one attached hydrogen (secondary N) is 1. The molecule has 0 aromatic heterocycles. The molecule has 0 fully saturated rings. The van der Waals surface area contributed by atoms with Gasteiger partial charge in [-0.1, -0.05) is 0 Å². The summed E-state index contributed by atoms with van der Waals surface area (Å²) in [7, 11) is 2.82. The minimum absolute atomic E-state index is 0.0695. The number of hydrogen-bond acceptors (Lipinski definition) is 7. The van der Waals surface area contributed by atoms with Gasteiger partial charge in [0.1, 0.15) is 11.5 Å². The van der Waals surface area contributed by atoms with Crippen molar-refractivity contribution < 1.29 is 38.4 Å². The molecule has 34 heavy (non-hydrogen) atoms. The third kappa shape index (κ3) is 4.37. The zero-order chi connectivity index (χ0) is 25.4. The van der Waals surface area contributed by atoms with Gasteiger partial charge in [0, 0.05) is 31.0 Å². The molecule has 0 saturated carbocycles. The van der Waals surface area contributed by atoms with Crippen molar-refractivity contribution in [3.8, 4) is 23.0 Å². The van der Waals surface area contributed by atoms with Crippen LogP contribution in [0.3, 0.4) is 0 Å². The average Bonchev–Trinajstić information content (AvgIpc) is 2.79. The fourth-order valence-corrected chi connectivity index (χ4v) is 4.11. The zero-order valence-corrected chi connectivity index (χ0v) is 20.4. The molecular weight excluding hydrogens is 442 g/mol. The summed E-state index contributed by atoms with van der Waals surface area (Å²) in [5.74, 6) is -0.531. The van der Waals surface area contributed by atoms with Crippen LogP contribution in [-0.2, 0) is 16.0 Å². The first kappa shape index (κ1) is 24.9. The zero-order valence-electron chi connectivity index (χ0n) is 20.4. The van der Waals surface area contributed by atoms with E-state index in [-0.39, 0.29) is 22.7 Å². The van der Waals surface area contributed by atoms with Crippen molar-refractivity contribution >= 4 is 23.5 Å². The van der Waals surface area contributed by atoms with E-state index in [0.717, 1.165) is 22.3 Å². The van der Waals surface area contributed by atoms with Crippen LogP contribution in [0.25, 0.3) is 0 Å². The number of carboxylic acid groups (broad SMARTS) is 1. The van der Waals surface area contributed by atoms with Gasteiger partial charge < -0.3 is 29.4 Å². The highest BCUT2D eigenvalue weighted by atomic mass is 16.5. The highest BCUT2D eigenvalue weighted by molar-refractivity contribution is 6.04. The Balaban J connectivity index is 1.98. The van der Waals surface area contributed by atoms with Crippen LogP contribution in [0.1, 0.15) is 52.9 Å². The van der Waals surface area contributed by atoms with Crippen LogP contribution in [0.2, 0.25) is 0 Å². The molecule has 1 amide bonds. The van der Waals surface area contributed by atoms with Crippen LogP contribution in [0.15, 0.2) is 12.1 Å². The van der Waals surface area contributed by atoms with Crippen molar-refractivity contribution in [2.24, 2.45) is 0 Å². The van der Waals surface area contributed by atoms with Crippen LogP contribution in [0, 0.1) is 20.8 Å². The highest BCUT2D eigenvalue weighted by Crippen LogP contribution is 2.44. The molecular formula is C25H29NO8. The van der Waals surface area contributed by atoms with Crippen LogP contribution in [-0.4, -0.2) is 42.8 Å². The molecule has 2 N–H and O–H groups in total. The molecule has 0 spiro atoms. The normalized spacial score (nSPS) is 16.7. The third-order valence-corrected chi connectivity index (χ3v) is 6.22. The summed E-state index contributed by atoms with van der Waals surface area (Å²) in [6.07, 6.45) is 0.850. The fourth-order valence-electron chi connectivity index (χ4n) is 4.11. The molecule has 9 nitrogen and oxygen atoms in total. The van der Waals surface area contributed by atoms with E-state index in [9.17, 15) is 19.5 Å². The number of ether oxygens (including phenoxy) is 4. The molecule has 3 rings (SSSR count). The van der Waals surface area contributed by atoms with Crippen LogP contribution < -0.4 is 24.3 Å². The van der Waals surface area contributed by atoms with Crippen molar-refractivity contribution in [2.75, 3.05) is 19.5 Å². The molecule has 0 radical (unpaired) electrons. The number of hydrogen-bond donors (Lipinski definition) is 2. The average molecular weight is 472 g/mol. The Hall–Kier alpha value is -3.75. The van der Waals surface area contributed by atoms with Gasteiger partial charge in [0.05, 0.1) is 25.5 Å². The van der Waals surface area contributed by atoms with Gasteiger partial charge in [-0.2, -0.15) is 0 Å². The Bertz CT molecular complexity index is 1190. The number of benzene rings is 2. The molecule has 0 aliphatic carbocycles. The topological polar surface area (TPSA) is 120 Å². The molecule has 9 heteroatoms. The number of aromatic carboxylic acids is 1. The molecule has 2 aromatic carbocycles. The smallest absolute Gasteiger partial charge is 0.337 e. The minimum atomic E-state index is -1.26. The lowest BCUT2D eigenvalue weighted by molar-refractivity contribution is -0.132. The largest absolute Gasteiger partial charge is 0.493 e. The lowest BCUT2D eigenvalue weighted by Crippen LogP contribution is -2.48. The van der Waals surface area contributed by atoms with Crippen molar-refractivity contribution in [3.05, 3.63) is 39.9 Å². The van der Waals surface area contributed by atoms with Gasteiger partial charge in [-0.05, 0) is 50.8 Å². The van der Waals surface area contributed by atoms with Crippen molar-refractivity contribution in [3.63, 3.8) is 0 Å². The lowest BCUT2D eigenvalue weighted by Gasteiger charge is -2.37. The second-order valence-electron chi connectivity index (χ2n) is 8.45. The molecule has 0 bridgehead atoms. The number of amides is 1. The molecule has 1 unspecified atom stereocenters. The summed E-state index contributed by atoms with van der Waals surface area (Å²) in [4.78, 5) is 36.7. The van der Waals surface area contributed by atoms with E-state index in [1.807, 2.05) is 20.8 Å². The predicted molar refractivity (Wildman–Crippen MR) is 124 cm³/mol. The Kier molecular flexibility index (Phi) is 6.77. The first-order valence-corrected chi connectivity index (χ1v) is 10.7.